The smallest absolute Gasteiger partial charge is 0.118 e. The maximum absolute atomic E-state index is 5.99. The molecule has 1 unspecified atom stereocenters. The van der Waals surface area contributed by atoms with Gasteiger partial charge in [-0.05, 0) is 37.5 Å². The molecule has 0 fully saturated rings. The Balaban J connectivity index is 2.53. The zero-order chi connectivity index (χ0) is 11.3. The lowest BCUT2D eigenvalue weighted by Gasteiger charge is -2.11. The fourth-order valence-corrected chi connectivity index (χ4v) is 1.58. The highest BCUT2D eigenvalue weighted by atomic mass is 16.5. The van der Waals surface area contributed by atoms with Gasteiger partial charge in [-0.2, -0.15) is 0 Å². The van der Waals surface area contributed by atoms with Crippen molar-refractivity contribution in [1.29, 1.82) is 0 Å². The van der Waals surface area contributed by atoms with Gasteiger partial charge in [-0.3, -0.25) is 0 Å². The molecule has 1 aromatic carbocycles. The van der Waals surface area contributed by atoms with E-state index in [-0.39, 0.29) is 6.04 Å². The lowest BCUT2D eigenvalue weighted by molar-refractivity contribution is 0.414. The first-order valence-electron chi connectivity index (χ1n) is 5.14. The van der Waals surface area contributed by atoms with Crippen LogP contribution in [-0.2, 0) is 6.42 Å². The van der Waals surface area contributed by atoms with Gasteiger partial charge in [-0.25, -0.2) is 0 Å². The summed E-state index contributed by atoms with van der Waals surface area (Å²) in [5, 5.41) is 0. The predicted octanol–water partition coefficient (Wildman–Crippen LogP) is 2.53. The van der Waals surface area contributed by atoms with Crippen LogP contribution in [0.2, 0.25) is 0 Å². The van der Waals surface area contributed by atoms with E-state index in [0.29, 0.717) is 0 Å². The maximum atomic E-state index is 5.99. The average molecular weight is 205 g/mol. The Labute approximate surface area is 91.7 Å². The van der Waals surface area contributed by atoms with Gasteiger partial charge in [0, 0.05) is 6.04 Å². The van der Waals surface area contributed by atoms with Crippen molar-refractivity contribution in [2.45, 2.75) is 25.8 Å². The summed E-state index contributed by atoms with van der Waals surface area (Å²) in [7, 11) is 1.67. The Bertz CT molecular complexity index is 316. The van der Waals surface area contributed by atoms with Gasteiger partial charge in [0.2, 0.25) is 0 Å². The second kappa shape index (κ2) is 5.56. The lowest BCUT2D eigenvalue weighted by Crippen LogP contribution is -2.22. The number of methoxy groups -OCH3 is 1. The molecule has 0 bridgehead atoms. The van der Waals surface area contributed by atoms with Gasteiger partial charge in [-0.15, -0.1) is 6.58 Å². The number of hydrogen-bond donors (Lipinski definition) is 1. The van der Waals surface area contributed by atoms with Crippen molar-refractivity contribution in [1.82, 2.24) is 0 Å². The molecule has 15 heavy (non-hydrogen) atoms. The van der Waals surface area contributed by atoms with Gasteiger partial charge in [0.25, 0.3) is 0 Å². The second-order valence-corrected chi connectivity index (χ2v) is 3.97. The van der Waals surface area contributed by atoms with Crippen molar-refractivity contribution >= 4 is 0 Å². The molecular weight excluding hydrogens is 186 g/mol. The van der Waals surface area contributed by atoms with Crippen LogP contribution in [0.1, 0.15) is 18.9 Å². The topological polar surface area (TPSA) is 35.2 Å². The number of nitrogens with two attached hydrogens (primary N) is 1. The Morgan fingerprint density at radius 2 is 2.00 bits per heavy atom. The minimum atomic E-state index is 0.163. The molecule has 0 saturated carbocycles. The first-order chi connectivity index (χ1) is 7.11. The Kier molecular flexibility index (Phi) is 4.37. The summed E-state index contributed by atoms with van der Waals surface area (Å²) in [6.07, 6.45) is 1.77. The van der Waals surface area contributed by atoms with Crippen LogP contribution in [0, 0.1) is 0 Å². The average Bonchev–Trinajstić information content (AvgIpc) is 2.17. The molecule has 2 N–H and O–H groups in total. The van der Waals surface area contributed by atoms with E-state index in [0.717, 1.165) is 24.2 Å². The molecule has 0 saturated heterocycles. The third-order valence-electron chi connectivity index (χ3n) is 2.27. The third-order valence-corrected chi connectivity index (χ3v) is 2.27. The van der Waals surface area contributed by atoms with Crippen molar-refractivity contribution in [2.75, 3.05) is 7.11 Å². The molecule has 0 aliphatic rings. The van der Waals surface area contributed by atoms with Crippen LogP contribution in [0.3, 0.4) is 0 Å². The third kappa shape index (κ3) is 4.17. The van der Waals surface area contributed by atoms with E-state index in [4.69, 9.17) is 10.5 Å². The molecule has 2 heteroatoms. The monoisotopic (exact) mass is 205 g/mol. The predicted molar refractivity (Wildman–Crippen MR) is 64.1 cm³/mol. The van der Waals surface area contributed by atoms with Crippen molar-refractivity contribution in [3.63, 3.8) is 0 Å². The summed E-state index contributed by atoms with van der Waals surface area (Å²) in [5.41, 5.74) is 8.36. The van der Waals surface area contributed by atoms with Crippen molar-refractivity contribution < 1.29 is 4.74 Å². The summed E-state index contributed by atoms with van der Waals surface area (Å²) in [5.74, 6) is 0.882. The molecule has 0 amide bonds. The fourth-order valence-electron chi connectivity index (χ4n) is 1.58. The van der Waals surface area contributed by atoms with Crippen LogP contribution >= 0.6 is 0 Å². The van der Waals surface area contributed by atoms with Crippen LogP contribution in [-0.4, -0.2) is 13.2 Å². The standard InChI is InChI=1S/C13H19NO/c1-10(2)8-12(14)9-11-4-6-13(15-3)7-5-11/h4-7,12H,1,8-9,14H2,2-3H3. The number of benzene rings is 1. The molecule has 82 valence electrons. The number of hydrogen-bond acceptors (Lipinski definition) is 2. The van der Waals surface area contributed by atoms with Gasteiger partial charge < -0.3 is 10.5 Å². The van der Waals surface area contributed by atoms with Crippen molar-refractivity contribution in [3.8, 4) is 5.75 Å². The van der Waals surface area contributed by atoms with E-state index in [1.54, 1.807) is 7.11 Å². The van der Waals surface area contributed by atoms with E-state index >= 15 is 0 Å². The van der Waals surface area contributed by atoms with Crippen molar-refractivity contribution in [3.05, 3.63) is 42.0 Å². The van der Waals surface area contributed by atoms with Gasteiger partial charge in [-0.1, -0.05) is 17.7 Å². The second-order valence-electron chi connectivity index (χ2n) is 3.97. The van der Waals surface area contributed by atoms with E-state index in [2.05, 4.69) is 18.7 Å². The number of ether oxygens (including phenoxy) is 1. The molecule has 1 rings (SSSR count). The summed E-state index contributed by atoms with van der Waals surface area (Å²) >= 11 is 0. The summed E-state index contributed by atoms with van der Waals surface area (Å²) in [4.78, 5) is 0. The first-order valence-corrected chi connectivity index (χ1v) is 5.14. The molecule has 0 aromatic heterocycles. The highest BCUT2D eigenvalue weighted by Crippen LogP contribution is 2.13. The molecule has 0 spiro atoms. The largest absolute Gasteiger partial charge is 0.497 e. The van der Waals surface area contributed by atoms with E-state index in [9.17, 15) is 0 Å². The van der Waals surface area contributed by atoms with E-state index in [1.807, 2.05) is 19.1 Å². The Morgan fingerprint density at radius 1 is 1.40 bits per heavy atom. The van der Waals surface area contributed by atoms with E-state index < -0.39 is 0 Å². The molecule has 0 heterocycles. The lowest BCUT2D eigenvalue weighted by atomic mass is 10.0. The van der Waals surface area contributed by atoms with Crippen LogP contribution < -0.4 is 10.5 Å². The van der Waals surface area contributed by atoms with Crippen LogP contribution in [0.4, 0.5) is 0 Å². The van der Waals surface area contributed by atoms with Gasteiger partial charge in [0.05, 0.1) is 7.11 Å². The maximum Gasteiger partial charge on any atom is 0.118 e. The van der Waals surface area contributed by atoms with Crippen molar-refractivity contribution in [2.24, 2.45) is 5.73 Å². The fraction of sp³-hybridized carbons (Fsp3) is 0.385. The van der Waals surface area contributed by atoms with E-state index in [1.165, 1.54) is 5.56 Å². The molecule has 2 nitrogen and oxygen atoms in total. The van der Waals surface area contributed by atoms with Gasteiger partial charge >= 0.3 is 0 Å². The minimum absolute atomic E-state index is 0.163. The van der Waals surface area contributed by atoms with Crippen LogP contribution in [0.15, 0.2) is 36.4 Å². The normalized spacial score (nSPS) is 12.2. The first kappa shape index (κ1) is 11.8. The highest BCUT2D eigenvalue weighted by molar-refractivity contribution is 5.27. The molecule has 0 aliphatic heterocycles. The Morgan fingerprint density at radius 3 is 2.47 bits per heavy atom. The highest BCUT2D eigenvalue weighted by Gasteiger charge is 2.04. The van der Waals surface area contributed by atoms with Gasteiger partial charge in [0.15, 0.2) is 0 Å². The quantitative estimate of drug-likeness (QED) is 0.750. The molecular formula is C13H19NO. The zero-order valence-electron chi connectivity index (χ0n) is 9.49. The SMILES string of the molecule is C=C(C)CC(N)Cc1ccc(OC)cc1. The molecule has 1 aromatic rings. The van der Waals surface area contributed by atoms with Crippen LogP contribution in [0.25, 0.3) is 0 Å². The number of rotatable bonds is 5. The summed E-state index contributed by atoms with van der Waals surface area (Å²) < 4.78 is 5.09. The molecule has 0 radical (unpaired) electrons. The zero-order valence-corrected chi connectivity index (χ0v) is 9.49. The summed E-state index contributed by atoms with van der Waals surface area (Å²) in [6, 6.07) is 8.19. The molecule has 1 atom stereocenters. The summed E-state index contributed by atoms with van der Waals surface area (Å²) in [6.45, 7) is 5.87. The Hall–Kier alpha value is -1.28. The molecule has 0 aliphatic carbocycles. The van der Waals surface area contributed by atoms with Gasteiger partial charge in [0.1, 0.15) is 5.75 Å². The van der Waals surface area contributed by atoms with Crippen LogP contribution in [0.5, 0.6) is 5.75 Å². The minimum Gasteiger partial charge on any atom is -0.497 e.